The van der Waals surface area contributed by atoms with Gasteiger partial charge in [0.25, 0.3) is 0 Å². The molecule has 0 aromatic heterocycles. The summed E-state index contributed by atoms with van der Waals surface area (Å²) in [5, 5.41) is 2.96. The number of carbonyl (C=O) groups excluding carboxylic acids is 1. The zero-order chi connectivity index (χ0) is 11.8. The van der Waals surface area contributed by atoms with Crippen molar-refractivity contribution < 1.29 is 9.53 Å². The molecule has 3 heteroatoms. The number of rotatable bonds is 7. The third-order valence-electron chi connectivity index (χ3n) is 2.25. The van der Waals surface area contributed by atoms with Crippen molar-refractivity contribution in [1.82, 2.24) is 5.32 Å². The first kappa shape index (κ1) is 12.7. The van der Waals surface area contributed by atoms with Crippen LogP contribution < -0.4 is 10.1 Å². The molecule has 88 valence electrons. The molecule has 0 fully saturated rings. The quantitative estimate of drug-likeness (QED) is 0.718. The molecule has 1 aromatic carbocycles. The van der Waals surface area contributed by atoms with E-state index in [9.17, 15) is 4.79 Å². The molecular formula is C13H19NO2. The molecule has 0 radical (unpaired) electrons. The summed E-state index contributed by atoms with van der Waals surface area (Å²) in [6.07, 6.45) is 1.52. The Kier molecular flexibility index (Phi) is 5.57. The lowest BCUT2D eigenvalue weighted by atomic mass is 10.1. The number of hydrogen-bond acceptors (Lipinski definition) is 3. The van der Waals surface area contributed by atoms with Gasteiger partial charge in [0.05, 0.1) is 6.61 Å². The Hall–Kier alpha value is -1.35. The molecule has 1 rings (SSSR count). The van der Waals surface area contributed by atoms with Crippen molar-refractivity contribution in [3.05, 3.63) is 29.8 Å². The first-order chi connectivity index (χ1) is 7.77. The smallest absolute Gasteiger partial charge is 0.164 e. The largest absolute Gasteiger partial charge is 0.494 e. The monoisotopic (exact) mass is 221 g/mol. The highest BCUT2D eigenvalue weighted by Gasteiger charge is 2.04. The summed E-state index contributed by atoms with van der Waals surface area (Å²) in [5.74, 6) is 0.989. The van der Waals surface area contributed by atoms with E-state index in [1.807, 2.05) is 31.3 Å². The second-order valence-corrected chi connectivity index (χ2v) is 3.65. The maximum atomic E-state index is 11.6. The maximum Gasteiger partial charge on any atom is 0.164 e. The molecule has 0 saturated carbocycles. The highest BCUT2D eigenvalue weighted by Crippen LogP contribution is 2.13. The average Bonchev–Trinajstić information content (AvgIpc) is 2.34. The van der Waals surface area contributed by atoms with Crippen LogP contribution in [0.1, 0.15) is 30.1 Å². The fourth-order valence-corrected chi connectivity index (χ4v) is 1.34. The van der Waals surface area contributed by atoms with E-state index in [1.165, 1.54) is 0 Å². The van der Waals surface area contributed by atoms with E-state index < -0.39 is 0 Å². The highest BCUT2D eigenvalue weighted by molar-refractivity contribution is 5.96. The van der Waals surface area contributed by atoms with Crippen molar-refractivity contribution in [3.8, 4) is 5.75 Å². The molecule has 0 spiro atoms. The predicted molar refractivity (Wildman–Crippen MR) is 65.1 cm³/mol. The van der Waals surface area contributed by atoms with Gasteiger partial charge in [0.15, 0.2) is 5.78 Å². The Balaban J connectivity index is 2.53. The van der Waals surface area contributed by atoms with Crippen LogP contribution in [0.4, 0.5) is 0 Å². The molecule has 1 N–H and O–H groups in total. The molecular weight excluding hydrogens is 202 g/mol. The molecule has 0 heterocycles. The fourth-order valence-electron chi connectivity index (χ4n) is 1.34. The Bertz CT molecular complexity index is 319. The van der Waals surface area contributed by atoms with Crippen LogP contribution in [0.2, 0.25) is 0 Å². The summed E-state index contributed by atoms with van der Waals surface area (Å²) in [4.78, 5) is 11.6. The summed E-state index contributed by atoms with van der Waals surface area (Å²) < 4.78 is 5.45. The van der Waals surface area contributed by atoms with Crippen LogP contribution in [0.15, 0.2) is 24.3 Å². The van der Waals surface area contributed by atoms with Crippen molar-refractivity contribution >= 4 is 5.78 Å². The Labute approximate surface area is 96.8 Å². The van der Waals surface area contributed by atoms with Crippen LogP contribution in [0.25, 0.3) is 0 Å². The minimum atomic E-state index is 0.163. The van der Waals surface area contributed by atoms with E-state index in [0.717, 1.165) is 17.7 Å². The zero-order valence-corrected chi connectivity index (χ0v) is 9.95. The molecule has 0 aliphatic rings. The van der Waals surface area contributed by atoms with E-state index in [-0.39, 0.29) is 5.78 Å². The van der Waals surface area contributed by atoms with Crippen LogP contribution in [-0.4, -0.2) is 26.0 Å². The minimum absolute atomic E-state index is 0.163. The van der Waals surface area contributed by atoms with Crippen molar-refractivity contribution in [2.75, 3.05) is 20.2 Å². The van der Waals surface area contributed by atoms with Gasteiger partial charge < -0.3 is 10.1 Å². The second-order valence-electron chi connectivity index (χ2n) is 3.65. The second kappa shape index (κ2) is 7.01. The molecule has 0 saturated heterocycles. The Morgan fingerprint density at radius 1 is 1.31 bits per heavy atom. The van der Waals surface area contributed by atoms with Gasteiger partial charge in [-0.25, -0.2) is 0 Å². The molecule has 0 bridgehead atoms. The minimum Gasteiger partial charge on any atom is -0.494 e. The van der Waals surface area contributed by atoms with Crippen molar-refractivity contribution in [2.45, 2.75) is 19.8 Å². The van der Waals surface area contributed by atoms with Gasteiger partial charge >= 0.3 is 0 Å². The van der Waals surface area contributed by atoms with Gasteiger partial charge in [0, 0.05) is 18.5 Å². The van der Waals surface area contributed by atoms with E-state index >= 15 is 0 Å². The normalized spacial score (nSPS) is 10.1. The molecule has 16 heavy (non-hydrogen) atoms. The summed E-state index contributed by atoms with van der Waals surface area (Å²) in [6, 6.07) is 7.34. The van der Waals surface area contributed by atoms with Crippen LogP contribution in [0.5, 0.6) is 5.75 Å². The standard InChI is InChI=1S/C13H19NO2/c1-3-10-16-12-6-4-11(5-7-12)13(15)8-9-14-2/h4-7,14H,3,8-10H2,1-2H3. The summed E-state index contributed by atoms with van der Waals surface area (Å²) >= 11 is 0. The maximum absolute atomic E-state index is 11.6. The third-order valence-corrected chi connectivity index (χ3v) is 2.25. The molecule has 0 amide bonds. The number of carbonyl (C=O) groups is 1. The van der Waals surface area contributed by atoms with E-state index in [2.05, 4.69) is 12.2 Å². The van der Waals surface area contributed by atoms with Crippen molar-refractivity contribution in [3.63, 3.8) is 0 Å². The molecule has 0 aliphatic carbocycles. The first-order valence-electron chi connectivity index (χ1n) is 5.68. The molecule has 0 unspecified atom stereocenters. The summed E-state index contributed by atoms with van der Waals surface area (Å²) in [5.41, 5.74) is 0.749. The Morgan fingerprint density at radius 3 is 2.56 bits per heavy atom. The lowest BCUT2D eigenvalue weighted by Gasteiger charge is -2.05. The van der Waals surface area contributed by atoms with Crippen LogP contribution in [0.3, 0.4) is 0 Å². The fraction of sp³-hybridized carbons (Fsp3) is 0.462. The topological polar surface area (TPSA) is 38.3 Å². The van der Waals surface area contributed by atoms with E-state index in [1.54, 1.807) is 0 Å². The summed E-state index contributed by atoms with van der Waals surface area (Å²) in [6.45, 7) is 3.50. The van der Waals surface area contributed by atoms with Crippen LogP contribution in [-0.2, 0) is 0 Å². The first-order valence-corrected chi connectivity index (χ1v) is 5.68. The SMILES string of the molecule is CCCOc1ccc(C(=O)CCNC)cc1. The average molecular weight is 221 g/mol. The van der Waals surface area contributed by atoms with Crippen molar-refractivity contribution in [2.24, 2.45) is 0 Å². The van der Waals surface area contributed by atoms with Gasteiger partial charge in [-0.3, -0.25) is 4.79 Å². The van der Waals surface area contributed by atoms with Crippen LogP contribution >= 0.6 is 0 Å². The Morgan fingerprint density at radius 2 is 2.00 bits per heavy atom. The van der Waals surface area contributed by atoms with E-state index in [0.29, 0.717) is 19.6 Å². The molecule has 1 aromatic rings. The van der Waals surface area contributed by atoms with E-state index in [4.69, 9.17) is 4.74 Å². The lowest BCUT2D eigenvalue weighted by Crippen LogP contribution is -2.12. The lowest BCUT2D eigenvalue weighted by molar-refractivity contribution is 0.0983. The van der Waals surface area contributed by atoms with Gasteiger partial charge in [-0.05, 0) is 37.7 Å². The van der Waals surface area contributed by atoms with Gasteiger partial charge in [0.2, 0.25) is 0 Å². The number of benzene rings is 1. The zero-order valence-electron chi connectivity index (χ0n) is 9.95. The van der Waals surface area contributed by atoms with Gasteiger partial charge in [-0.15, -0.1) is 0 Å². The molecule has 0 aliphatic heterocycles. The third kappa shape index (κ3) is 4.03. The number of nitrogens with one attached hydrogen (secondary N) is 1. The predicted octanol–water partition coefficient (Wildman–Crippen LogP) is 2.27. The number of hydrogen-bond donors (Lipinski definition) is 1. The van der Waals surface area contributed by atoms with Gasteiger partial charge in [-0.2, -0.15) is 0 Å². The van der Waals surface area contributed by atoms with Crippen LogP contribution in [0, 0.1) is 0 Å². The molecule has 3 nitrogen and oxygen atoms in total. The van der Waals surface area contributed by atoms with Crippen molar-refractivity contribution in [1.29, 1.82) is 0 Å². The number of ketones is 1. The number of ether oxygens (including phenoxy) is 1. The highest BCUT2D eigenvalue weighted by atomic mass is 16.5. The van der Waals surface area contributed by atoms with Gasteiger partial charge in [-0.1, -0.05) is 6.92 Å². The summed E-state index contributed by atoms with van der Waals surface area (Å²) in [7, 11) is 1.84. The molecule has 0 atom stereocenters. The number of Topliss-reactive ketones (excluding diaryl/α,β-unsaturated/α-hetero) is 1. The van der Waals surface area contributed by atoms with Gasteiger partial charge in [0.1, 0.15) is 5.75 Å².